The van der Waals surface area contributed by atoms with E-state index in [4.69, 9.17) is 9.52 Å². The highest BCUT2D eigenvalue weighted by molar-refractivity contribution is 8.00. The van der Waals surface area contributed by atoms with E-state index < -0.39 is 5.97 Å². The van der Waals surface area contributed by atoms with Crippen molar-refractivity contribution in [2.24, 2.45) is 5.10 Å². The Morgan fingerprint density at radius 2 is 2.26 bits per heavy atom. The van der Waals surface area contributed by atoms with E-state index in [1.165, 1.54) is 23.1 Å². The first-order valence-electron chi connectivity index (χ1n) is 6.73. The largest absolute Gasteiger partial charge is 0.481 e. The maximum absolute atomic E-state index is 11.2. The number of carbonyl (C=O) groups is 1. The monoisotopic (exact) mass is 346 g/mol. The molecule has 0 spiro atoms. The molecule has 7 nitrogen and oxygen atoms in total. The summed E-state index contributed by atoms with van der Waals surface area (Å²) in [6.45, 7) is 0. The third-order valence-corrected chi connectivity index (χ3v) is 5.28. The number of thiophene rings is 1. The van der Waals surface area contributed by atoms with Crippen LogP contribution < -0.4 is 0 Å². The van der Waals surface area contributed by atoms with Crippen molar-refractivity contribution in [2.45, 2.75) is 16.8 Å². The molecule has 4 heterocycles. The zero-order chi connectivity index (χ0) is 15.8. The highest BCUT2D eigenvalue weighted by atomic mass is 32.2. The van der Waals surface area contributed by atoms with Gasteiger partial charge in [0.2, 0.25) is 11.0 Å². The third kappa shape index (κ3) is 2.57. The van der Waals surface area contributed by atoms with Gasteiger partial charge in [0.25, 0.3) is 0 Å². The first kappa shape index (κ1) is 14.2. The van der Waals surface area contributed by atoms with Gasteiger partial charge in [0.05, 0.1) is 28.5 Å². The van der Waals surface area contributed by atoms with E-state index in [2.05, 4.69) is 15.3 Å². The van der Waals surface area contributed by atoms with E-state index in [0.717, 1.165) is 4.88 Å². The van der Waals surface area contributed by atoms with Crippen LogP contribution in [0.5, 0.6) is 0 Å². The number of nitrogens with zero attached hydrogens (tertiary/aromatic N) is 4. The van der Waals surface area contributed by atoms with Crippen LogP contribution in [0.25, 0.3) is 11.6 Å². The Morgan fingerprint density at radius 3 is 2.96 bits per heavy atom. The van der Waals surface area contributed by atoms with Crippen LogP contribution in [0.15, 0.2) is 50.6 Å². The Hall–Kier alpha value is -2.39. The summed E-state index contributed by atoms with van der Waals surface area (Å²) in [7, 11) is 0. The molecule has 0 amide bonds. The molecular weight excluding hydrogens is 336 g/mol. The van der Waals surface area contributed by atoms with E-state index >= 15 is 0 Å². The van der Waals surface area contributed by atoms with Gasteiger partial charge in [0.1, 0.15) is 0 Å². The smallest absolute Gasteiger partial charge is 0.304 e. The molecule has 23 heavy (non-hydrogen) atoms. The van der Waals surface area contributed by atoms with Crippen molar-refractivity contribution in [1.29, 1.82) is 0 Å². The van der Waals surface area contributed by atoms with E-state index in [1.54, 1.807) is 23.1 Å². The van der Waals surface area contributed by atoms with Crippen molar-refractivity contribution in [3.05, 3.63) is 40.8 Å². The summed E-state index contributed by atoms with van der Waals surface area (Å²) < 4.78 is 6.98. The number of hydrogen-bond acceptors (Lipinski definition) is 7. The van der Waals surface area contributed by atoms with Crippen molar-refractivity contribution >= 4 is 34.8 Å². The summed E-state index contributed by atoms with van der Waals surface area (Å²) in [5, 5.41) is 24.2. The Balaban J connectivity index is 1.82. The maximum atomic E-state index is 11.2. The van der Waals surface area contributed by atoms with Gasteiger partial charge >= 0.3 is 5.97 Å². The fourth-order valence-electron chi connectivity index (χ4n) is 2.27. The summed E-state index contributed by atoms with van der Waals surface area (Å²) in [4.78, 5) is 12.1. The van der Waals surface area contributed by atoms with Gasteiger partial charge in [-0.15, -0.1) is 21.5 Å². The molecule has 0 fully saturated rings. The molecule has 1 aliphatic heterocycles. The molecule has 1 atom stereocenters. The summed E-state index contributed by atoms with van der Waals surface area (Å²) >= 11 is 2.88. The zero-order valence-corrected chi connectivity index (χ0v) is 13.3. The third-order valence-electron chi connectivity index (χ3n) is 3.25. The minimum atomic E-state index is -0.869. The first-order chi connectivity index (χ1) is 11.2. The predicted octanol–water partition coefficient (Wildman–Crippen LogP) is 2.80. The summed E-state index contributed by atoms with van der Waals surface area (Å²) in [5.74, 6) is 0.196. The van der Waals surface area contributed by atoms with E-state index in [1.807, 2.05) is 17.5 Å². The SMILES string of the molecule is O=C(O)CC1Sc2nnc(-c3ccco3)n2N=C1c1cccs1. The second kappa shape index (κ2) is 5.67. The van der Waals surface area contributed by atoms with E-state index in [-0.39, 0.29) is 11.7 Å². The van der Waals surface area contributed by atoms with Crippen LogP contribution >= 0.6 is 23.1 Å². The number of hydrogen-bond donors (Lipinski definition) is 1. The van der Waals surface area contributed by atoms with Gasteiger partial charge < -0.3 is 9.52 Å². The van der Waals surface area contributed by atoms with E-state index in [9.17, 15) is 4.79 Å². The maximum Gasteiger partial charge on any atom is 0.304 e. The van der Waals surface area contributed by atoms with Crippen LogP contribution in [-0.4, -0.2) is 36.9 Å². The fraction of sp³-hybridized carbons (Fsp3) is 0.143. The number of aromatic nitrogens is 3. The highest BCUT2D eigenvalue weighted by Gasteiger charge is 2.31. The lowest BCUT2D eigenvalue weighted by atomic mass is 10.1. The van der Waals surface area contributed by atoms with Crippen molar-refractivity contribution in [2.75, 3.05) is 0 Å². The molecule has 3 aromatic rings. The average molecular weight is 346 g/mol. The normalized spacial score (nSPS) is 16.9. The number of rotatable bonds is 4. The lowest BCUT2D eigenvalue weighted by molar-refractivity contribution is -0.136. The van der Waals surface area contributed by atoms with Crippen LogP contribution in [0.2, 0.25) is 0 Å². The molecule has 9 heteroatoms. The fourth-order valence-corrected chi connectivity index (χ4v) is 4.19. The molecule has 1 unspecified atom stereocenters. The Kier molecular flexibility index (Phi) is 3.50. The second-order valence-electron chi connectivity index (χ2n) is 4.76. The van der Waals surface area contributed by atoms with Crippen molar-refractivity contribution in [1.82, 2.24) is 14.9 Å². The lowest BCUT2D eigenvalue weighted by Crippen LogP contribution is -2.26. The van der Waals surface area contributed by atoms with Crippen LogP contribution in [0.3, 0.4) is 0 Å². The minimum absolute atomic E-state index is 0.0235. The Labute approximate surface area is 138 Å². The first-order valence-corrected chi connectivity index (χ1v) is 8.49. The minimum Gasteiger partial charge on any atom is -0.481 e. The van der Waals surface area contributed by atoms with Crippen molar-refractivity contribution in [3.8, 4) is 11.6 Å². The van der Waals surface area contributed by atoms with Gasteiger partial charge in [0.15, 0.2) is 5.76 Å². The number of thioether (sulfide) groups is 1. The van der Waals surface area contributed by atoms with Crippen molar-refractivity contribution < 1.29 is 14.3 Å². The summed E-state index contributed by atoms with van der Waals surface area (Å²) in [5.41, 5.74) is 0.715. The van der Waals surface area contributed by atoms with Gasteiger partial charge in [0, 0.05) is 0 Å². The number of fused-ring (bicyclic) bond motifs is 1. The molecule has 3 aromatic heterocycles. The summed E-state index contributed by atoms with van der Waals surface area (Å²) in [6, 6.07) is 7.40. The van der Waals surface area contributed by atoms with Gasteiger partial charge in [-0.05, 0) is 23.6 Å². The molecule has 0 aromatic carbocycles. The molecule has 0 saturated carbocycles. The number of carboxylic acids is 1. The average Bonchev–Trinajstić information content (AvgIpc) is 3.26. The van der Waals surface area contributed by atoms with E-state index in [0.29, 0.717) is 22.5 Å². The Bertz CT molecular complexity index is 868. The Morgan fingerprint density at radius 1 is 1.35 bits per heavy atom. The number of furan rings is 1. The van der Waals surface area contributed by atoms with Crippen molar-refractivity contribution in [3.63, 3.8) is 0 Å². The zero-order valence-electron chi connectivity index (χ0n) is 11.6. The second-order valence-corrected chi connectivity index (χ2v) is 6.88. The van der Waals surface area contributed by atoms with Crippen LogP contribution in [-0.2, 0) is 4.79 Å². The summed E-state index contributed by atoms with van der Waals surface area (Å²) in [6.07, 6.45) is 1.54. The van der Waals surface area contributed by atoms with Crippen LogP contribution in [0.4, 0.5) is 0 Å². The molecule has 0 radical (unpaired) electrons. The topological polar surface area (TPSA) is 93.5 Å². The lowest BCUT2D eigenvalue weighted by Gasteiger charge is -2.20. The predicted molar refractivity (Wildman–Crippen MR) is 85.9 cm³/mol. The van der Waals surface area contributed by atoms with Gasteiger partial charge in [-0.1, -0.05) is 17.8 Å². The van der Waals surface area contributed by atoms with Gasteiger partial charge in [-0.2, -0.15) is 9.78 Å². The molecule has 0 bridgehead atoms. The molecular formula is C14H10N4O3S2. The van der Waals surface area contributed by atoms with Crippen LogP contribution in [0, 0.1) is 0 Å². The molecule has 116 valence electrons. The highest BCUT2D eigenvalue weighted by Crippen LogP contribution is 2.35. The molecule has 1 N–H and O–H groups in total. The number of carboxylic acid groups (broad SMARTS) is 1. The van der Waals surface area contributed by atoms with Gasteiger partial charge in [-0.3, -0.25) is 4.79 Å². The molecule has 1 aliphatic rings. The standard InChI is InChI=1S/C14H10N4O3S2/c19-11(20)7-10-12(9-4-2-6-22-9)17-18-13(8-3-1-5-21-8)15-16-14(18)23-10/h1-6,10H,7H2,(H,19,20). The molecule has 0 aliphatic carbocycles. The quantitative estimate of drug-likeness (QED) is 0.781. The molecule has 0 saturated heterocycles. The van der Waals surface area contributed by atoms with Gasteiger partial charge in [-0.25, -0.2) is 0 Å². The molecule has 4 rings (SSSR count). The van der Waals surface area contributed by atoms with Crippen LogP contribution in [0.1, 0.15) is 11.3 Å². The number of aliphatic carboxylic acids is 1.